The molecule has 0 radical (unpaired) electrons. The minimum absolute atomic E-state index is 0.168. The number of hydrogen-bond acceptors (Lipinski definition) is 2. The summed E-state index contributed by atoms with van der Waals surface area (Å²) in [7, 11) is -1.84. The van der Waals surface area contributed by atoms with Gasteiger partial charge in [0.1, 0.15) is 0 Å². The van der Waals surface area contributed by atoms with E-state index in [9.17, 15) is 5.11 Å². The van der Waals surface area contributed by atoms with E-state index in [0.29, 0.717) is 5.54 Å². The van der Waals surface area contributed by atoms with Crippen LogP contribution in [0.2, 0.25) is 18.6 Å². The topological polar surface area (TPSA) is 29.5 Å². The van der Waals surface area contributed by atoms with Crippen molar-refractivity contribution in [3.8, 4) is 0 Å². The molecule has 0 aliphatic carbocycles. The fourth-order valence-corrected chi connectivity index (χ4v) is 6.85. The molecule has 1 N–H and O–H groups in total. The van der Waals surface area contributed by atoms with E-state index >= 15 is 0 Å². The van der Waals surface area contributed by atoms with Crippen molar-refractivity contribution < 1.29 is 9.53 Å². The number of unbranched alkanes of at least 4 members (excludes halogenated alkanes) is 6. The predicted octanol–water partition coefficient (Wildman–Crippen LogP) is 6.29. The molecule has 2 nitrogen and oxygen atoms in total. The van der Waals surface area contributed by atoms with Crippen LogP contribution in [0.1, 0.15) is 91.9 Å². The van der Waals surface area contributed by atoms with Crippen LogP contribution in [0.4, 0.5) is 0 Å². The molecular formula is C19H42O2Si. The summed E-state index contributed by atoms with van der Waals surface area (Å²) in [5.41, 5.74) is 0.383. The minimum atomic E-state index is -1.84. The quantitative estimate of drug-likeness (QED) is 0.299. The highest BCUT2D eigenvalue weighted by Crippen LogP contribution is 2.35. The summed E-state index contributed by atoms with van der Waals surface area (Å²) in [6.45, 7) is 13.3. The van der Waals surface area contributed by atoms with Gasteiger partial charge in [0.25, 0.3) is 0 Å². The van der Waals surface area contributed by atoms with Crippen LogP contribution >= 0.6 is 0 Å². The fraction of sp³-hybridized carbons (Fsp3) is 1.00. The number of aliphatic hydroxyl groups is 1. The van der Waals surface area contributed by atoms with Crippen LogP contribution < -0.4 is 0 Å². The molecule has 3 heteroatoms. The summed E-state index contributed by atoms with van der Waals surface area (Å²) in [5, 5.41) is 10.8. The lowest BCUT2D eigenvalue weighted by molar-refractivity contribution is 0.126. The van der Waals surface area contributed by atoms with E-state index in [1.807, 2.05) is 0 Å². The molecule has 22 heavy (non-hydrogen) atoms. The lowest BCUT2D eigenvalue weighted by Crippen LogP contribution is -2.44. The van der Waals surface area contributed by atoms with Crippen molar-refractivity contribution in [2.45, 2.75) is 123 Å². The van der Waals surface area contributed by atoms with Crippen molar-refractivity contribution in [3.63, 3.8) is 0 Å². The monoisotopic (exact) mass is 330 g/mol. The molecular weight excluding hydrogens is 288 g/mol. The molecule has 0 saturated carbocycles. The predicted molar refractivity (Wildman–Crippen MR) is 101 cm³/mol. The van der Waals surface area contributed by atoms with Crippen molar-refractivity contribution in [2.75, 3.05) is 0 Å². The smallest absolute Gasteiger partial charge is 0.192 e. The van der Waals surface area contributed by atoms with Crippen LogP contribution in [0.5, 0.6) is 0 Å². The Labute approximate surface area is 141 Å². The second-order valence-electron chi connectivity index (χ2n) is 7.64. The van der Waals surface area contributed by atoms with Crippen LogP contribution in [0, 0.1) is 0 Å². The van der Waals surface area contributed by atoms with E-state index in [1.165, 1.54) is 44.9 Å². The van der Waals surface area contributed by atoms with E-state index in [0.717, 1.165) is 19.3 Å². The van der Waals surface area contributed by atoms with Gasteiger partial charge in [-0.05, 0) is 39.8 Å². The van der Waals surface area contributed by atoms with Gasteiger partial charge in [0, 0.05) is 11.6 Å². The zero-order valence-electron chi connectivity index (χ0n) is 16.2. The van der Waals surface area contributed by atoms with Gasteiger partial charge in [0.05, 0.1) is 6.10 Å². The highest BCUT2D eigenvalue weighted by atomic mass is 28.4. The Morgan fingerprint density at radius 3 is 1.77 bits per heavy atom. The van der Waals surface area contributed by atoms with Crippen molar-refractivity contribution >= 4 is 8.32 Å². The van der Waals surface area contributed by atoms with Crippen molar-refractivity contribution in [2.24, 2.45) is 0 Å². The Morgan fingerprint density at radius 2 is 1.32 bits per heavy atom. The molecule has 0 unspecified atom stereocenters. The standard InChI is InChI=1S/C19H42O2Si/c1-7-9-11-13-15-18(20)19(16-14-12-10-8-2)22(5,6)21-17(3)4/h17-20H,7-16H2,1-6H3/t18-,19-/m1/s1. The van der Waals surface area contributed by atoms with Gasteiger partial charge in [-0.1, -0.05) is 65.2 Å². The summed E-state index contributed by atoms with van der Waals surface area (Å²) < 4.78 is 6.28. The third-order valence-electron chi connectivity index (χ3n) is 4.62. The van der Waals surface area contributed by atoms with Gasteiger partial charge in [0.2, 0.25) is 0 Å². The summed E-state index contributed by atoms with van der Waals surface area (Å²) in [4.78, 5) is 0. The Bertz CT molecular complexity index is 254. The zero-order valence-corrected chi connectivity index (χ0v) is 17.2. The first kappa shape index (κ1) is 22.1. The number of rotatable bonds is 14. The summed E-state index contributed by atoms with van der Waals surface area (Å²) in [6, 6.07) is 0. The summed E-state index contributed by atoms with van der Waals surface area (Å²) in [6.07, 6.45) is 12.3. The molecule has 0 aliphatic heterocycles. The van der Waals surface area contributed by atoms with E-state index in [1.54, 1.807) is 0 Å². The van der Waals surface area contributed by atoms with Crippen molar-refractivity contribution in [3.05, 3.63) is 0 Å². The van der Waals surface area contributed by atoms with Crippen LogP contribution in [0.3, 0.4) is 0 Å². The van der Waals surface area contributed by atoms with Crippen molar-refractivity contribution in [1.82, 2.24) is 0 Å². The minimum Gasteiger partial charge on any atom is -0.415 e. The first-order chi connectivity index (χ1) is 10.3. The Hall–Kier alpha value is 0.137. The molecule has 0 saturated heterocycles. The highest BCUT2D eigenvalue weighted by Gasteiger charge is 2.38. The average molecular weight is 331 g/mol. The number of aliphatic hydroxyl groups excluding tert-OH is 1. The molecule has 0 bridgehead atoms. The lowest BCUT2D eigenvalue weighted by Gasteiger charge is -2.37. The molecule has 0 amide bonds. The van der Waals surface area contributed by atoms with E-state index in [4.69, 9.17) is 4.43 Å². The Morgan fingerprint density at radius 1 is 0.818 bits per heavy atom. The number of hydrogen-bond donors (Lipinski definition) is 1. The van der Waals surface area contributed by atoms with Crippen LogP contribution in [0.25, 0.3) is 0 Å². The van der Waals surface area contributed by atoms with Crippen LogP contribution in [-0.4, -0.2) is 25.6 Å². The maximum absolute atomic E-state index is 10.8. The SMILES string of the molecule is CCCCCC[C@@H](O)[C@@H](CCCCCC)[Si](C)(C)OC(C)C. The first-order valence-corrected chi connectivity index (χ1v) is 12.7. The van der Waals surface area contributed by atoms with Gasteiger partial charge in [-0.3, -0.25) is 0 Å². The second kappa shape index (κ2) is 12.5. The maximum Gasteiger partial charge on any atom is 0.192 e. The van der Waals surface area contributed by atoms with E-state index in [-0.39, 0.29) is 12.2 Å². The fourth-order valence-electron chi connectivity index (χ4n) is 3.47. The zero-order chi connectivity index (χ0) is 17.0. The Balaban J connectivity index is 4.54. The van der Waals surface area contributed by atoms with Gasteiger partial charge in [0.15, 0.2) is 8.32 Å². The van der Waals surface area contributed by atoms with Gasteiger partial charge in [-0.15, -0.1) is 0 Å². The molecule has 0 aromatic rings. The largest absolute Gasteiger partial charge is 0.415 e. The first-order valence-electron chi connectivity index (χ1n) is 9.71. The third kappa shape index (κ3) is 10.0. The molecule has 0 aromatic carbocycles. The molecule has 0 spiro atoms. The third-order valence-corrected chi connectivity index (χ3v) is 8.16. The molecule has 0 fully saturated rings. The van der Waals surface area contributed by atoms with Gasteiger partial charge < -0.3 is 9.53 Å². The lowest BCUT2D eigenvalue weighted by atomic mass is 10.0. The van der Waals surface area contributed by atoms with E-state index < -0.39 is 8.32 Å². The second-order valence-corrected chi connectivity index (χ2v) is 11.8. The van der Waals surface area contributed by atoms with Gasteiger partial charge in [-0.25, -0.2) is 0 Å². The van der Waals surface area contributed by atoms with E-state index in [2.05, 4.69) is 40.8 Å². The van der Waals surface area contributed by atoms with Gasteiger partial charge >= 0.3 is 0 Å². The van der Waals surface area contributed by atoms with Crippen LogP contribution in [-0.2, 0) is 4.43 Å². The molecule has 0 aliphatic rings. The summed E-state index contributed by atoms with van der Waals surface area (Å²) >= 11 is 0. The van der Waals surface area contributed by atoms with Crippen LogP contribution in [0.15, 0.2) is 0 Å². The van der Waals surface area contributed by atoms with Crippen molar-refractivity contribution in [1.29, 1.82) is 0 Å². The molecule has 0 heterocycles. The maximum atomic E-state index is 10.8. The van der Waals surface area contributed by atoms with Gasteiger partial charge in [-0.2, -0.15) is 0 Å². The molecule has 134 valence electrons. The molecule has 0 rings (SSSR count). The average Bonchev–Trinajstić information content (AvgIpc) is 2.41. The normalized spacial score (nSPS) is 15.3. The Kier molecular flexibility index (Phi) is 12.6. The molecule has 2 atom stereocenters. The summed E-state index contributed by atoms with van der Waals surface area (Å²) in [5.74, 6) is 0. The highest BCUT2D eigenvalue weighted by molar-refractivity contribution is 6.72. The molecule has 0 aromatic heterocycles.